The normalized spacial score (nSPS) is 24.4. The van der Waals surface area contributed by atoms with Gasteiger partial charge in [0, 0.05) is 39.6 Å². The van der Waals surface area contributed by atoms with Crippen LogP contribution in [-0.2, 0) is 14.3 Å². The highest BCUT2D eigenvalue weighted by atomic mass is 16.5. The third-order valence-corrected chi connectivity index (χ3v) is 3.98. The predicted molar refractivity (Wildman–Crippen MR) is 75.2 cm³/mol. The van der Waals surface area contributed by atoms with Gasteiger partial charge in [0.25, 0.3) is 0 Å². The summed E-state index contributed by atoms with van der Waals surface area (Å²) >= 11 is 0. The van der Waals surface area contributed by atoms with Crippen LogP contribution < -0.4 is 5.32 Å². The summed E-state index contributed by atoms with van der Waals surface area (Å²) in [5.74, 6) is 0.426. The zero-order valence-corrected chi connectivity index (χ0v) is 12.3. The molecule has 6 heteroatoms. The van der Waals surface area contributed by atoms with Gasteiger partial charge in [0.1, 0.15) is 0 Å². The van der Waals surface area contributed by atoms with Crippen molar-refractivity contribution in [2.75, 3.05) is 52.5 Å². The standard InChI is InChI=1S/C14H25N3O3/c1-12(18)15-9-14(19)17-4-2-3-13(11-17)10-16-5-7-20-8-6-16/h13H,2-11H2,1H3,(H,15,18). The number of hydrogen-bond donors (Lipinski definition) is 1. The van der Waals surface area contributed by atoms with E-state index >= 15 is 0 Å². The Morgan fingerprint density at radius 2 is 2.00 bits per heavy atom. The van der Waals surface area contributed by atoms with Crippen molar-refractivity contribution in [3.8, 4) is 0 Å². The van der Waals surface area contributed by atoms with Crippen molar-refractivity contribution in [2.45, 2.75) is 19.8 Å². The minimum Gasteiger partial charge on any atom is -0.379 e. The Balaban J connectivity index is 1.75. The molecule has 1 atom stereocenters. The van der Waals surface area contributed by atoms with E-state index in [1.165, 1.54) is 13.3 Å². The van der Waals surface area contributed by atoms with Gasteiger partial charge in [-0.05, 0) is 18.8 Å². The lowest BCUT2D eigenvalue weighted by Crippen LogP contribution is -2.48. The van der Waals surface area contributed by atoms with Crippen LogP contribution in [0.3, 0.4) is 0 Å². The number of morpholine rings is 1. The number of hydrogen-bond acceptors (Lipinski definition) is 4. The van der Waals surface area contributed by atoms with Crippen LogP contribution in [-0.4, -0.2) is 74.1 Å². The van der Waals surface area contributed by atoms with Gasteiger partial charge >= 0.3 is 0 Å². The second-order valence-electron chi connectivity index (χ2n) is 5.67. The minimum atomic E-state index is -0.153. The molecule has 0 aromatic carbocycles. The molecule has 1 unspecified atom stereocenters. The zero-order chi connectivity index (χ0) is 14.4. The molecule has 20 heavy (non-hydrogen) atoms. The lowest BCUT2D eigenvalue weighted by atomic mass is 9.97. The Morgan fingerprint density at radius 1 is 1.25 bits per heavy atom. The molecular weight excluding hydrogens is 258 g/mol. The molecule has 0 radical (unpaired) electrons. The van der Waals surface area contributed by atoms with Crippen LogP contribution >= 0.6 is 0 Å². The molecule has 0 aromatic rings. The van der Waals surface area contributed by atoms with Crippen LogP contribution in [0, 0.1) is 5.92 Å². The van der Waals surface area contributed by atoms with Crippen molar-refractivity contribution in [1.82, 2.24) is 15.1 Å². The molecule has 2 aliphatic rings. The van der Waals surface area contributed by atoms with Crippen LogP contribution in [0.5, 0.6) is 0 Å². The monoisotopic (exact) mass is 283 g/mol. The average molecular weight is 283 g/mol. The van der Waals surface area contributed by atoms with E-state index in [0.717, 1.165) is 52.4 Å². The van der Waals surface area contributed by atoms with Crippen LogP contribution in [0.2, 0.25) is 0 Å². The summed E-state index contributed by atoms with van der Waals surface area (Å²) in [6.07, 6.45) is 2.24. The fourth-order valence-corrected chi connectivity index (χ4v) is 2.90. The summed E-state index contributed by atoms with van der Waals surface area (Å²) in [4.78, 5) is 27.2. The van der Waals surface area contributed by atoms with Gasteiger partial charge in [-0.3, -0.25) is 14.5 Å². The second kappa shape index (κ2) is 7.59. The molecule has 2 rings (SSSR count). The molecule has 0 aliphatic carbocycles. The molecule has 2 heterocycles. The van der Waals surface area contributed by atoms with Gasteiger partial charge in [0.2, 0.25) is 11.8 Å². The van der Waals surface area contributed by atoms with Crippen LogP contribution in [0.4, 0.5) is 0 Å². The smallest absolute Gasteiger partial charge is 0.241 e. The molecule has 6 nitrogen and oxygen atoms in total. The van der Waals surface area contributed by atoms with Crippen molar-refractivity contribution >= 4 is 11.8 Å². The Bertz CT molecular complexity index is 343. The molecule has 0 aromatic heterocycles. The molecule has 0 saturated carbocycles. The van der Waals surface area contributed by atoms with Crippen molar-refractivity contribution in [3.05, 3.63) is 0 Å². The first-order chi connectivity index (χ1) is 9.65. The zero-order valence-electron chi connectivity index (χ0n) is 12.3. The van der Waals surface area contributed by atoms with E-state index in [2.05, 4.69) is 10.2 Å². The number of carbonyl (C=O) groups excluding carboxylic acids is 2. The number of piperidine rings is 1. The lowest BCUT2D eigenvalue weighted by Gasteiger charge is -2.36. The molecule has 1 N–H and O–H groups in total. The maximum Gasteiger partial charge on any atom is 0.241 e. The predicted octanol–water partition coefficient (Wildman–Crippen LogP) is -0.307. The molecule has 0 bridgehead atoms. The van der Waals surface area contributed by atoms with Crippen LogP contribution in [0.25, 0.3) is 0 Å². The first-order valence-corrected chi connectivity index (χ1v) is 7.47. The molecule has 2 fully saturated rings. The third kappa shape index (κ3) is 4.76. The topological polar surface area (TPSA) is 61.9 Å². The Labute approximate surface area is 120 Å². The summed E-state index contributed by atoms with van der Waals surface area (Å²) in [7, 11) is 0. The Morgan fingerprint density at radius 3 is 2.70 bits per heavy atom. The average Bonchev–Trinajstić information content (AvgIpc) is 2.46. The van der Waals surface area contributed by atoms with E-state index in [1.54, 1.807) is 0 Å². The van der Waals surface area contributed by atoms with E-state index in [9.17, 15) is 9.59 Å². The summed E-state index contributed by atoms with van der Waals surface area (Å²) in [5, 5.41) is 2.58. The first kappa shape index (κ1) is 15.3. The third-order valence-electron chi connectivity index (χ3n) is 3.98. The second-order valence-corrected chi connectivity index (χ2v) is 5.67. The van der Waals surface area contributed by atoms with Crippen LogP contribution in [0.1, 0.15) is 19.8 Å². The van der Waals surface area contributed by atoms with E-state index in [0.29, 0.717) is 5.92 Å². The minimum absolute atomic E-state index is 0.0341. The number of amides is 2. The quantitative estimate of drug-likeness (QED) is 0.769. The Hall–Kier alpha value is -1.14. The highest BCUT2D eigenvalue weighted by Crippen LogP contribution is 2.18. The fraction of sp³-hybridized carbons (Fsp3) is 0.857. The SMILES string of the molecule is CC(=O)NCC(=O)N1CCCC(CN2CCOCC2)C1. The van der Waals surface area contributed by atoms with Crippen LogP contribution in [0.15, 0.2) is 0 Å². The van der Waals surface area contributed by atoms with Gasteiger partial charge in [-0.25, -0.2) is 0 Å². The number of likely N-dealkylation sites (tertiary alicyclic amines) is 1. The highest BCUT2D eigenvalue weighted by Gasteiger charge is 2.25. The van der Waals surface area contributed by atoms with E-state index in [4.69, 9.17) is 4.74 Å². The van der Waals surface area contributed by atoms with Crippen molar-refractivity contribution < 1.29 is 14.3 Å². The van der Waals surface area contributed by atoms with Gasteiger partial charge in [0.15, 0.2) is 0 Å². The molecule has 114 valence electrons. The van der Waals surface area contributed by atoms with Gasteiger partial charge in [0.05, 0.1) is 19.8 Å². The molecule has 2 saturated heterocycles. The van der Waals surface area contributed by atoms with Crippen molar-refractivity contribution in [3.63, 3.8) is 0 Å². The maximum absolute atomic E-state index is 12.0. The van der Waals surface area contributed by atoms with E-state index in [-0.39, 0.29) is 18.4 Å². The lowest BCUT2D eigenvalue weighted by molar-refractivity contribution is -0.134. The summed E-state index contributed by atoms with van der Waals surface area (Å²) in [5.41, 5.74) is 0. The van der Waals surface area contributed by atoms with Gasteiger partial charge in [-0.1, -0.05) is 0 Å². The van der Waals surface area contributed by atoms with E-state index in [1.807, 2.05) is 4.90 Å². The molecule has 0 spiro atoms. The maximum atomic E-state index is 12.0. The van der Waals surface area contributed by atoms with Gasteiger partial charge < -0.3 is 15.0 Å². The Kier molecular flexibility index (Phi) is 5.79. The number of carbonyl (C=O) groups is 2. The number of nitrogens with zero attached hydrogens (tertiary/aromatic N) is 2. The number of nitrogens with one attached hydrogen (secondary N) is 1. The molecular formula is C14H25N3O3. The summed E-state index contributed by atoms with van der Waals surface area (Å²) in [6, 6.07) is 0. The highest BCUT2D eigenvalue weighted by molar-refractivity contribution is 5.83. The first-order valence-electron chi connectivity index (χ1n) is 7.47. The fourth-order valence-electron chi connectivity index (χ4n) is 2.90. The number of rotatable bonds is 4. The molecule has 2 amide bonds. The largest absolute Gasteiger partial charge is 0.379 e. The summed E-state index contributed by atoms with van der Waals surface area (Å²) < 4.78 is 5.36. The van der Waals surface area contributed by atoms with Gasteiger partial charge in [-0.2, -0.15) is 0 Å². The van der Waals surface area contributed by atoms with Crippen molar-refractivity contribution in [2.24, 2.45) is 5.92 Å². The molecule has 2 aliphatic heterocycles. The number of ether oxygens (including phenoxy) is 1. The van der Waals surface area contributed by atoms with E-state index < -0.39 is 0 Å². The van der Waals surface area contributed by atoms with Crippen molar-refractivity contribution in [1.29, 1.82) is 0 Å². The van der Waals surface area contributed by atoms with Gasteiger partial charge in [-0.15, -0.1) is 0 Å². The summed E-state index contributed by atoms with van der Waals surface area (Å²) in [6.45, 7) is 7.87.